The molecule has 0 spiro atoms. The average molecular weight is 382 g/mol. The number of rotatable bonds is 4. The van der Waals surface area contributed by atoms with Crippen LogP contribution in [0.4, 0.5) is 0 Å². The minimum Gasteiger partial charge on any atom is -0.490 e. The molecule has 1 amide bonds. The van der Waals surface area contributed by atoms with Gasteiger partial charge in [-0.1, -0.05) is 12.1 Å². The summed E-state index contributed by atoms with van der Waals surface area (Å²) in [4.78, 5) is 18.6. The van der Waals surface area contributed by atoms with Crippen molar-refractivity contribution < 1.29 is 9.53 Å². The standard InChI is InChI=1S/C18H23N3O2S.ClH/c1-12-3-4-13(2)16(9-12)23-14-5-7-21(8-6-14)18(22)15-11-24-17(10-19)20-15;/h3-4,9,11,14H,5-8,10,19H2,1-2H3;1H. The fourth-order valence-corrected chi connectivity index (χ4v) is 3.50. The van der Waals surface area contributed by atoms with Crippen molar-refractivity contribution in [2.24, 2.45) is 5.73 Å². The molecule has 2 heterocycles. The first-order chi connectivity index (χ1) is 11.6. The number of aromatic nitrogens is 1. The molecule has 0 unspecified atom stereocenters. The van der Waals surface area contributed by atoms with Crippen LogP contribution in [0.3, 0.4) is 0 Å². The van der Waals surface area contributed by atoms with Crippen LogP contribution in [0.15, 0.2) is 23.6 Å². The first-order valence-electron chi connectivity index (χ1n) is 8.24. The maximum absolute atomic E-state index is 12.5. The summed E-state index contributed by atoms with van der Waals surface area (Å²) < 4.78 is 6.15. The first-order valence-corrected chi connectivity index (χ1v) is 9.12. The Kier molecular flexibility index (Phi) is 6.81. The van der Waals surface area contributed by atoms with E-state index in [2.05, 4.69) is 37.0 Å². The zero-order valence-electron chi connectivity index (χ0n) is 14.5. The maximum Gasteiger partial charge on any atom is 0.273 e. The Morgan fingerprint density at radius 1 is 1.36 bits per heavy atom. The summed E-state index contributed by atoms with van der Waals surface area (Å²) in [5.41, 5.74) is 8.42. The molecule has 136 valence electrons. The summed E-state index contributed by atoms with van der Waals surface area (Å²) in [6.45, 7) is 5.90. The van der Waals surface area contributed by atoms with Gasteiger partial charge in [0.15, 0.2) is 0 Å². The predicted molar refractivity (Wildman–Crippen MR) is 103 cm³/mol. The molecule has 0 aliphatic carbocycles. The summed E-state index contributed by atoms with van der Waals surface area (Å²) >= 11 is 1.44. The number of hydrogen-bond acceptors (Lipinski definition) is 5. The third-order valence-corrected chi connectivity index (χ3v) is 5.18. The van der Waals surface area contributed by atoms with Gasteiger partial charge in [0.25, 0.3) is 5.91 Å². The second kappa shape index (κ2) is 8.65. The molecule has 1 aliphatic rings. The van der Waals surface area contributed by atoms with Crippen LogP contribution < -0.4 is 10.5 Å². The molecule has 0 radical (unpaired) electrons. The van der Waals surface area contributed by atoms with Gasteiger partial charge in [0, 0.05) is 37.9 Å². The number of thiazole rings is 1. The number of benzene rings is 1. The number of ether oxygens (including phenoxy) is 1. The SMILES string of the molecule is Cc1ccc(C)c(OC2CCN(C(=O)c3csc(CN)n3)CC2)c1.Cl. The molecule has 2 aromatic rings. The van der Waals surface area contributed by atoms with E-state index < -0.39 is 0 Å². The van der Waals surface area contributed by atoms with E-state index in [1.54, 1.807) is 5.38 Å². The second-order valence-corrected chi connectivity index (χ2v) is 7.15. The van der Waals surface area contributed by atoms with Crippen molar-refractivity contribution in [3.8, 4) is 5.75 Å². The minimum absolute atomic E-state index is 0. The lowest BCUT2D eigenvalue weighted by Gasteiger charge is -2.32. The Labute approximate surface area is 158 Å². The summed E-state index contributed by atoms with van der Waals surface area (Å²) in [6, 6.07) is 6.25. The zero-order valence-corrected chi connectivity index (χ0v) is 16.2. The van der Waals surface area contributed by atoms with E-state index in [1.165, 1.54) is 16.9 Å². The molecular formula is C18H24ClN3O2S. The molecule has 1 aromatic heterocycles. The number of carbonyl (C=O) groups excluding carboxylic acids is 1. The van der Waals surface area contributed by atoms with Gasteiger partial charge in [0.2, 0.25) is 0 Å². The summed E-state index contributed by atoms with van der Waals surface area (Å²) in [6.07, 6.45) is 1.84. The fraction of sp³-hybridized carbons (Fsp3) is 0.444. The molecule has 2 N–H and O–H groups in total. The van der Waals surface area contributed by atoms with Crippen molar-refractivity contribution in [3.05, 3.63) is 45.4 Å². The van der Waals surface area contributed by atoms with E-state index in [0.717, 1.165) is 29.2 Å². The number of halogens is 1. The highest BCUT2D eigenvalue weighted by Crippen LogP contribution is 2.24. The van der Waals surface area contributed by atoms with Crippen molar-refractivity contribution in [1.82, 2.24) is 9.88 Å². The highest BCUT2D eigenvalue weighted by atomic mass is 35.5. The molecule has 1 aliphatic heterocycles. The Morgan fingerprint density at radius 3 is 2.72 bits per heavy atom. The van der Waals surface area contributed by atoms with Gasteiger partial charge in [-0.3, -0.25) is 4.79 Å². The van der Waals surface area contributed by atoms with Gasteiger partial charge in [-0.15, -0.1) is 23.7 Å². The van der Waals surface area contributed by atoms with Crippen LogP contribution in [-0.4, -0.2) is 35.0 Å². The van der Waals surface area contributed by atoms with Gasteiger partial charge in [-0.05, 0) is 31.0 Å². The molecule has 7 heteroatoms. The number of nitrogens with two attached hydrogens (primary N) is 1. The molecule has 0 atom stereocenters. The predicted octanol–water partition coefficient (Wildman–Crippen LogP) is 3.32. The summed E-state index contributed by atoms with van der Waals surface area (Å²) in [5.74, 6) is 0.947. The molecule has 0 bridgehead atoms. The third kappa shape index (κ3) is 4.71. The highest BCUT2D eigenvalue weighted by molar-refractivity contribution is 7.09. The van der Waals surface area contributed by atoms with Crippen LogP contribution in [0.25, 0.3) is 0 Å². The topological polar surface area (TPSA) is 68.5 Å². The molecule has 1 aromatic carbocycles. The number of aryl methyl sites for hydroxylation is 2. The smallest absolute Gasteiger partial charge is 0.273 e. The van der Waals surface area contributed by atoms with E-state index >= 15 is 0 Å². The van der Waals surface area contributed by atoms with Crippen molar-refractivity contribution in [3.63, 3.8) is 0 Å². The quantitative estimate of drug-likeness (QED) is 0.881. The van der Waals surface area contributed by atoms with Crippen LogP contribution >= 0.6 is 23.7 Å². The Bertz CT molecular complexity index is 727. The normalized spacial score (nSPS) is 14.9. The van der Waals surface area contributed by atoms with Crippen molar-refractivity contribution in [2.75, 3.05) is 13.1 Å². The lowest BCUT2D eigenvalue weighted by molar-refractivity contribution is 0.0589. The van der Waals surface area contributed by atoms with Crippen molar-refractivity contribution in [2.45, 2.75) is 39.3 Å². The first kappa shape index (κ1) is 19.7. The van der Waals surface area contributed by atoms with Gasteiger partial charge in [-0.25, -0.2) is 4.98 Å². The zero-order chi connectivity index (χ0) is 17.1. The van der Waals surface area contributed by atoms with Crippen LogP contribution in [0.5, 0.6) is 5.75 Å². The van der Waals surface area contributed by atoms with Crippen molar-refractivity contribution >= 4 is 29.7 Å². The second-order valence-electron chi connectivity index (χ2n) is 6.21. The van der Waals surface area contributed by atoms with Crippen LogP contribution in [-0.2, 0) is 6.54 Å². The Hall–Kier alpha value is -1.63. The monoisotopic (exact) mass is 381 g/mol. The van der Waals surface area contributed by atoms with Gasteiger partial charge in [0.1, 0.15) is 22.6 Å². The van der Waals surface area contributed by atoms with E-state index in [1.807, 2.05) is 4.90 Å². The lowest BCUT2D eigenvalue weighted by atomic mass is 10.1. The summed E-state index contributed by atoms with van der Waals surface area (Å²) in [7, 11) is 0. The van der Waals surface area contributed by atoms with E-state index in [-0.39, 0.29) is 24.4 Å². The van der Waals surface area contributed by atoms with Crippen LogP contribution in [0.2, 0.25) is 0 Å². The number of carbonyl (C=O) groups is 1. The van der Waals surface area contributed by atoms with E-state index in [0.29, 0.717) is 25.3 Å². The Balaban J connectivity index is 0.00000225. The largest absolute Gasteiger partial charge is 0.490 e. The molecular weight excluding hydrogens is 358 g/mol. The van der Waals surface area contributed by atoms with E-state index in [9.17, 15) is 4.79 Å². The lowest BCUT2D eigenvalue weighted by Crippen LogP contribution is -2.42. The molecule has 0 saturated carbocycles. The third-order valence-electron chi connectivity index (χ3n) is 4.31. The summed E-state index contributed by atoms with van der Waals surface area (Å²) in [5, 5.41) is 2.59. The van der Waals surface area contributed by atoms with Gasteiger partial charge < -0.3 is 15.4 Å². The maximum atomic E-state index is 12.5. The number of nitrogens with zero attached hydrogens (tertiary/aromatic N) is 2. The van der Waals surface area contributed by atoms with Gasteiger partial charge in [0.05, 0.1) is 0 Å². The minimum atomic E-state index is -0.00358. The number of hydrogen-bond donors (Lipinski definition) is 1. The Morgan fingerprint density at radius 2 is 2.08 bits per heavy atom. The molecule has 5 nitrogen and oxygen atoms in total. The highest BCUT2D eigenvalue weighted by Gasteiger charge is 2.26. The molecule has 25 heavy (non-hydrogen) atoms. The van der Waals surface area contributed by atoms with Crippen LogP contribution in [0.1, 0.15) is 39.5 Å². The number of piperidine rings is 1. The van der Waals surface area contributed by atoms with Crippen LogP contribution in [0, 0.1) is 13.8 Å². The number of likely N-dealkylation sites (tertiary alicyclic amines) is 1. The van der Waals surface area contributed by atoms with E-state index in [4.69, 9.17) is 10.5 Å². The molecule has 1 saturated heterocycles. The number of amides is 1. The molecule has 3 rings (SSSR count). The van der Waals surface area contributed by atoms with Gasteiger partial charge in [-0.2, -0.15) is 0 Å². The van der Waals surface area contributed by atoms with Gasteiger partial charge >= 0.3 is 0 Å². The fourth-order valence-electron chi connectivity index (χ4n) is 2.86. The van der Waals surface area contributed by atoms with Crippen molar-refractivity contribution in [1.29, 1.82) is 0 Å². The molecule has 1 fully saturated rings. The average Bonchev–Trinajstić information content (AvgIpc) is 3.07.